The first-order valence-electron chi connectivity index (χ1n) is 9.62. The third-order valence-corrected chi connectivity index (χ3v) is 5.28. The van der Waals surface area contributed by atoms with Gasteiger partial charge in [-0.15, -0.1) is 0 Å². The molecule has 3 N–H and O–H groups in total. The standard InChI is InChI=1S/C20H30ClN3O3/c1-27-18-8-7-16(21)13-17(18)23-20(26)10-12-24(14-19(22)25)11-9-15-5-3-2-4-6-15/h7-8,13,15H,2-6,9-12,14H2,1H3,(H2,22,25)(H,23,26). The zero-order chi connectivity index (χ0) is 19.6. The number of methoxy groups -OCH3 is 1. The molecule has 6 nitrogen and oxygen atoms in total. The Bertz CT molecular complexity index is 633. The number of hydrogen-bond acceptors (Lipinski definition) is 4. The Morgan fingerprint density at radius 2 is 2.00 bits per heavy atom. The van der Waals surface area contributed by atoms with Gasteiger partial charge >= 0.3 is 0 Å². The number of amides is 2. The molecule has 150 valence electrons. The molecule has 0 atom stereocenters. The number of hydrogen-bond donors (Lipinski definition) is 2. The van der Waals surface area contributed by atoms with Gasteiger partial charge in [-0.2, -0.15) is 0 Å². The van der Waals surface area contributed by atoms with E-state index in [-0.39, 0.29) is 24.8 Å². The van der Waals surface area contributed by atoms with E-state index in [9.17, 15) is 9.59 Å². The molecule has 2 amide bonds. The predicted octanol–water partition coefficient (Wildman–Crippen LogP) is 3.43. The largest absolute Gasteiger partial charge is 0.495 e. The summed E-state index contributed by atoms with van der Waals surface area (Å²) in [4.78, 5) is 25.7. The number of nitrogens with two attached hydrogens (primary N) is 1. The molecule has 0 heterocycles. The van der Waals surface area contributed by atoms with Crippen molar-refractivity contribution in [3.05, 3.63) is 23.2 Å². The molecule has 1 aromatic rings. The summed E-state index contributed by atoms with van der Waals surface area (Å²) in [7, 11) is 1.54. The van der Waals surface area contributed by atoms with Crippen LogP contribution >= 0.6 is 11.6 Å². The van der Waals surface area contributed by atoms with Gasteiger partial charge in [0.25, 0.3) is 0 Å². The van der Waals surface area contributed by atoms with E-state index in [1.807, 2.05) is 4.90 Å². The van der Waals surface area contributed by atoms with Crippen molar-refractivity contribution in [2.75, 3.05) is 32.1 Å². The van der Waals surface area contributed by atoms with Gasteiger partial charge < -0.3 is 15.8 Å². The van der Waals surface area contributed by atoms with Crippen LogP contribution in [-0.2, 0) is 9.59 Å². The van der Waals surface area contributed by atoms with Gasteiger partial charge in [-0.25, -0.2) is 0 Å². The molecule has 2 rings (SSSR count). The number of halogens is 1. The summed E-state index contributed by atoms with van der Waals surface area (Å²) in [5.41, 5.74) is 5.91. The van der Waals surface area contributed by atoms with Gasteiger partial charge in [0, 0.05) is 18.0 Å². The van der Waals surface area contributed by atoms with Gasteiger partial charge in [0.2, 0.25) is 11.8 Å². The molecule has 0 aliphatic heterocycles. The number of carbonyl (C=O) groups is 2. The Balaban J connectivity index is 1.84. The van der Waals surface area contributed by atoms with Crippen LogP contribution in [0.5, 0.6) is 5.75 Å². The second-order valence-corrected chi connectivity index (χ2v) is 7.61. The van der Waals surface area contributed by atoms with Crippen LogP contribution in [0.1, 0.15) is 44.9 Å². The maximum atomic E-state index is 12.3. The number of nitrogens with one attached hydrogen (secondary N) is 1. The highest BCUT2D eigenvalue weighted by Crippen LogP contribution is 2.28. The fraction of sp³-hybridized carbons (Fsp3) is 0.600. The number of benzene rings is 1. The average Bonchev–Trinajstić information content (AvgIpc) is 2.64. The molecule has 0 bridgehead atoms. The summed E-state index contributed by atoms with van der Waals surface area (Å²) in [6, 6.07) is 5.07. The fourth-order valence-electron chi connectivity index (χ4n) is 3.58. The fourth-order valence-corrected chi connectivity index (χ4v) is 3.75. The van der Waals surface area contributed by atoms with Crippen molar-refractivity contribution in [3.63, 3.8) is 0 Å². The van der Waals surface area contributed by atoms with Crippen molar-refractivity contribution in [2.24, 2.45) is 11.7 Å². The number of primary amides is 1. The second kappa shape index (κ2) is 11.1. The Labute approximate surface area is 166 Å². The highest BCUT2D eigenvalue weighted by atomic mass is 35.5. The summed E-state index contributed by atoms with van der Waals surface area (Å²) in [5.74, 6) is 0.760. The van der Waals surface area contributed by atoms with Crippen LogP contribution in [-0.4, -0.2) is 43.5 Å². The Morgan fingerprint density at radius 1 is 1.26 bits per heavy atom. The predicted molar refractivity (Wildman–Crippen MR) is 108 cm³/mol. The lowest BCUT2D eigenvalue weighted by Crippen LogP contribution is -2.37. The van der Waals surface area contributed by atoms with E-state index in [0.29, 0.717) is 23.0 Å². The maximum Gasteiger partial charge on any atom is 0.231 e. The lowest BCUT2D eigenvalue weighted by molar-refractivity contribution is -0.120. The van der Waals surface area contributed by atoms with E-state index in [1.165, 1.54) is 32.1 Å². The first-order valence-corrected chi connectivity index (χ1v) is 9.99. The molecule has 27 heavy (non-hydrogen) atoms. The van der Waals surface area contributed by atoms with Gasteiger partial charge in [0.05, 0.1) is 19.3 Å². The summed E-state index contributed by atoms with van der Waals surface area (Å²) < 4.78 is 5.24. The van der Waals surface area contributed by atoms with Gasteiger partial charge in [0.15, 0.2) is 0 Å². The zero-order valence-corrected chi connectivity index (χ0v) is 16.8. The lowest BCUT2D eigenvalue weighted by Gasteiger charge is -2.26. The monoisotopic (exact) mass is 395 g/mol. The molecule has 1 aliphatic rings. The topological polar surface area (TPSA) is 84.7 Å². The van der Waals surface area contributed by atoms with E-state index in [1.54, 1.807) is 25.3 Å². The molecular formula is C20H30ClN3O3. The van der Waals surface area contributed by atoms with Crippen molar-refractivity contribution in [1.29, 1.82) is 0 Å². The van der Waals surface area contributed by atoms with E-state index in [4.69, 9.17) is 22.1 Å². The summed E-state index contributed by atoms with van der Waals surface area (Å²) in [5, 5.41) is 3.35. The Kier molecular flexibility index (Phi) is 8.88. The first-order chi connectivity index (χ1) is 13.0. The highest BCUT2D eigenvalue weighted by Gasteiger charge is 2.17. The minimum Gasteiger partial charge on any atom is -0.495 e. The molecule has 0 spiro atoms. The molecule has 1 fully saturated rings. The van der Waals surface area contributed by atoms with Crippen molar-refractivity contribution in [2.45, 2.75) is 44.9 Å². The third-order valence-electron chi connectivity index (χ3n) is 5.05. The minimum absolute atomic E-state index is 0.150. The maximum absolute atomic E-state index is 12.3. The Hall–Kier alpha value is -1.79. The van der Waals surface area contributed by atoms with Crippen LogP contribution in [0.2, 0.25) is 5.02 Å². The minimum atomic E-state index is -0.365. The number of rotatable bonds is 10. The molecule has 0 saturated heterocycles. The van der Waals surface area contributed by atoms with Crippen LogP contribution in [0, 0.1) is 5.92 Å². The Morgan fingerprint density at radius 3 is 2.67 bits per heavy atom. The van der Waals surface area contributed by atoms with Crippen LogP contribution < -0.4 is 15.8 Å². The first kappa shape index (κ1) is 21.5. The van der Waals surface area contributed by atoms with Crippen LogP contribution in [0.3, 0.4) is 0 Å². The molecule has 1 aliphatic carbocycles. The number of carbonyl (C=O) groups excluding carboxylic acids is 2. The number of nitrogens with zero attached hydrogens (tertiary/aromatic N) is 1. The highest BCUT2D eigenvalue weighted by molar-refractivity contribution is 6.31. The van der Waals surface area contributed by atoms with Crippen molar-refractivity contribution < 1.29 is 14.3 Å². The number of anilines is 1. The lowest BCUT2D eigenvalue weighted by atomic mass is 9.87. The third kappa shape index (κ3) is 7.77. The molecule has 7 heteroatoms. The molecular weight excluding hydrogens is 366 g/mol. The van der Waals surface area contributed by atoms with Crippen LogP contribution in [0.15, 0.2) is 18.2 Å². The van der Waals surface area contributed by atoms with Gasteiger partial charge in [0.1, 0.15) is 5.75 Å². The normalized spacial score (nSPS) is 14.9. The van der Waals surface area contributed by atoms with E-state index in [0.717, 1.165) is 18.9 Å². The van der Waals surface area contributed by atoms with Crippen molar-refractivity contribution in [1.82, 2.24) is 4.90 Å². The van der Waals surface area contributed by atoms with Crippen molar-refractivity contribution in [3.8, 4) is 5.75 Å². The summed E-state index contributed by atoms with van der Waals surface area (Å²) >= 11 is 5.99. The van der Waals surface area contributed by atoms with E-state index < -0.39 is 0 Å². The van der Waals surface area contributed by atoms with Gasteiger partial charge in [-0.3, -0.25) is 14.5 Å². The number of ether oxygens (including phenoxy) is 1. The van der Waals surface area contributed by atoms with Crippen LogP contribution in [0.4, 0.5) is 5.69 Å². The zero-order valence-electron chi connectivity index (χ0n) is 16.0. The molecule has 0 radical (unpaired) electrons. The molecule has 1 saturated carbocycles. The summed E-state index contributed by atoms with van der Waals surface area (Å²) in [6.07, 6.45) is 7.77. The van der Waals surface area contributed by atoms with Gasteiger partial charge in [-0.1, -0.05) is 43.7 Å². The van der Waals surface area contributed by atoms with Crippen LogP contribution in [0.25, 0.3) is 0 Å². The second-order valence-electron chi connectivity index (χ2n) is 7.18. The van der Waals surface area contributed by atoms with Crippen molar-refractivity contribution >= 4 is 29.1 Å². The van der Waals surface area contributed by atoms with E-state index in [2.05, 4.69) is 5.32 Å². The quantitative estimate of drug-likeness (QED) is 0.635. The van der Waals surface area contributed by atoms with Gasteiger partial charge in [-0.05, 0) is 37.1 Å². The van der Waals surface area contributed by atoms with E-state index >= 15 is 0 Å². The molecule has 1 aromatic carbocycles. The molecule has 0 unspecified atom stereocenters. The average molecular weight is 396 g/mol. The summed E-state index contributed by atoms with van der Waals surface area (Å²) in [6.45, 7) is 1.46. The SMILES string of the molecule is COc1ccc(Cl)cc1NC(=O)CCN(CCC1CCCCC1)CC(N)=O. The smallest absolute Gasteiger partial charge is 0.231 e. The molecule has 0 aromatic heterocycles.